The second kappa shape index (κ2) is 10.6. The normalized spacial score (nSPS) is 12.2. The highest BCUT2D eigenvalue weighted by molar-refractivity contribution is 7.89. The molecule has 0 radical (unpaired) electrons. The van der Waals surface area contributed by atoms with Gasteiger partial charge in [0.1, 0.15) is 11.8 Å². The van der Waals surface area contributed by atoms with Crippen LogP contribution >= 0.6 is 0 Å². The molecule has 1 atom stereocenters. The zero-order chi connectivity index (χ0) is 24.0. The summed E-state index contributed by atoms with van der Waals surface area (Å²) in [6.45, 7) is 7.89. The molecule has 7 heteroatoms. The number of aryl methyl sites for hydroxylation is 3. The number of benzene rings is 3. The van der Waals surface area contributed by atoms with Gasteiger partial charge in [-0.3, -0.25) is 4.79 Å². The highest BCUT2D eigenvalue weighted by Gasteiger charge is 2.28. The highest BCUT2D eigenvalue weighted by atomic mass is 32.2. The first-order valence-corrected chi connectivity index (χ1v) is 12.4. The zero-order valence-corrected chi connectivity index (χ0v) is 20.2. The van der Waals surface area contributed by atoms with Crippen molar-refractivity contribution in [2.24, 2.45) is 0 Å². The maximum atomic E-state index is 13.4. The Morgan fingerprint density at radius 2 is 1.55 bits per heavy atom. The SMILES string of the molecule is CCOc1ccc(NC(=O)[C@H](Cc2ccccc2)NS(=O)(=O)c2c(C)cc(C)cc2C)cc1. The summed E-state index contributed by atoms with van der Waals surface area (Å²) in [5, 5.41) is 2.82. The summed E-state index contributed by atoms with van der Waals surface area (Å²) in [5.41, 5.74) is 3.68. The predicted molar refractivity (Wildman–Crippen MR) is 131 cm³/mol. The Balaban J connectivity index is 1.88. The molecule has 0 saturated heterocycles. The molecule has 0 spiro atoms. The van der Waals surface area contributed by atoms with Crippen molar-refractivity contribution in [1.29, 1.82) is 0 Å². The summed E-state index contributed by atoms with van der Waals surface area (Å²) in [4.78, 5) is 13.4. The first kappa shape index (κ1) is 24.5. The number of sulfonamides is 1. The summed E-state index contributed by atoms with van der Waals surface area (Å²) in [6.07, 6.45) is 0.215. The molecule has 0 bridgehead atoms. The highest BCUT2D eigenvalue weighted by Crippen LogP contribution is 2.23. The van der Waals surface area contributed by atoms with E-state index in [9.17, 15) is 13.2 Å². The second-order valence-corrected chi connectivity index (χ2v) is 9.69. The largest absolute Gasteiger partial charge is 0.494 e. The van der Waals surface area contributed by atoms with Gasteiger partial charge in [-0.2, -0.15) is 4.72 Å². The fourth-order valence-corrected chi connectivity index (χ4v) is 5.55. The lowest BCUT2D eigenvalue weighted by Crippen LogP contribution is -2.45. The van der Waals surface area contributed by atoms with Gasteiger partial charge >= 0.3 is 0 Å². The quantitative estimate of drug-likeness (QED) is 0.485. The molecular weight excluding hydrogens is 436 g/mol. The minimum absolute atomic E-state index is 0.208. The third-order valence-electron chi connectivity index (χ3n) is 5.20. The molecule has 174 valence electrons. The van der Waals surface area contributed by atoms with E-state index in [1.54, 1.807) is 38.1 Å². The Kier molecular flexibility index (Phi) is 7.89. The van der Waals surface area contributed by atoms with Crippen LogP contribution in [0.2, 0.25) is 0 Å². The molecule has 1 amide bonds. The molecule has 0 unspecified atom stereocenters. The summed E-state index contributed by atoms with van der Waals surface area (Å²) in [5.74, 6) is 0.261. The van der Waals surface area contributed by atoms with Crippen molar-refractivity contribution in [3.05, 3.63) is 89.0 Å². The summed E-state index contributed by atoms with van der Waals surface area (Å²) in [6, 6.07) is 19.0. The van der Waals surface area contributed by atoms with E-state index in [1.807, 2.05) is 56.3 Å². The fourth-order valence-electron chi connectivity index (χ4n) is 3.91. The topological polar surface area (TPSA) is 84.5 Å². The monoisotopic (exact) mass is 466 g/mol. The van der Waals surface area contributed by atoms with E-state index in [-0.39, 0.29) is 11.3 Å². The number of anilines is 1. The standard InChI is InChI=1S/C26H30N2O4S/c1-5-32-23-13-11-22(12-14-23)27-26(29)24(17-21-9-7-6-8-10-21)28-33(30,31)25-19(3)15-18(2)16-20(25)4/h6-16,24,28H,5,17H2,1-4H3,(H,27,29)/t24-/m0/s1. The van der Waals surface area contributed by atoms with Gasteiger partial charge in [0.2, 0.25) is 15.9 Å². The fraction of sp³-hybridized carbons (Fsp3) is 0.269. The van der Waals surface area contributed by atoms with Crippen LogP contribution in [0.4, 0.5) is 5.69 Å². The van der Waals surface area contributed by atoms with Crippen molar-refractivity contribution in [1.82, 2.24) is 4.72 Å². The molecule has 0 aromatic heterocycles. The number of hydrogen-bond donors (Lipinski definition) is 2. The van der Waals surface area contributed by atoms with Crippen LogP contribution in [0.1, 0.15) is 29.2 Å². The molecule has 0 saturated carbocycles. The maximum Gasteiger partial charge on any atom is 0.242 e. The average molecular weight is 467 g/mol. The summed E-state index contributed by atoms with van der Waals surface area (Å²) in [7, 11) is -3.94. The number of ether oxygens (including phenoxy) is 1. The number of carbonyl (C=O) groups excluding carboxylic acids is 1. The van der Waals surface area contributed by atoms with Crippen LogP contribution in [0, 0.1) is 20.8 Å². The van der Waals surface area contributed by atoms with Gasteiger partial charge in [0, 0.05) is 5.69 Å². The lowest BCUT2D eigenvalue weighted by Gasteiger charge is -2.21. The lowest BCUT2D eigenvalue weighted by atomic mass is 10.1. The van der Waals surface area contributed by atoms with Crippen molar-refractivity contribution in [3.63, 3.8) is 0 Å². The van der Waals surface area contributed by atoms with Crippen molar-refractivity contribution < 1.29 is 17.9 Å². The molecule has 2 N–H and O–H groups in total. The Bertz CT molecular complexity index is 1180. The molecule has 3 aromatic carbocycles. The minimum atomic E-state index is -3.94. The molecule has 0 aliphatic rings. The van der Waals surface area contributed by atoms with Crippen molar-refractivity contribution in [2.45, 2.75) is 45.1 Å². The third kappa shape index (κ3) is 6.43. The van der Waals surface area contributed by atoms with Crippen LogP contribution in [0.25, 0.3) is 0 Å². The van der Waals surface area contributed by atoms with Gasteiger partial charge in [-0.05, 0) is 75.1 Å². The predicted octanol–water partition coefficient (Wildman–Crippen LogP) is 4.54. The number of rotatable bonds is 9. The molecule has 3 aromatic rings. The molecule has 0 heterocycles. The van der Waals surface area contributed by atoms with Crippen LogP contribution in [0.15, 0.2) is 71.6 Å². The number of hydrogen-bond acceptors (Lipinski definition) is 4. The maximum absolute atomic E-state index is 13.4. The van der Waals surface area contributed by atoms with Gasteiger partial charge < -0.3 is 10.1 Å². The lowest BCUT2D eigenvalue weighted by molar-refractivity contribution is -0.117. The molecule has 0 aliphatic heterocycles. The van der Waals surface area contributed by atoms with Gasteiger partial charge in [-0.25, -0.2) is 8.42 Å². The Morgan fingerprint density at radius 1 is 0.939 bits per heavy atom. The van der Waals surface area contributed by atoms with Crippen LogP contribution in [-0.4, -0.2) is 27.0 Å². The molecule has 6 nitrogen and oxygen atoms in total. The molecule has 33 heavy (non-hydrogen) atoms. The van der Waals surface area contributed by atoms with E-state index in [1.165, 1.54) is 0 Å². The van der Waals surface area contributed by atoms with Crippen LogP contribution in [-0.2, 0) is 21.2 Å². The molecular formula is C26H30N2O4S. The average Bonchev–Trinajstić information content (AvgIpc) is 2.74. The van der Waals surface area contributed by atoms with E-state index < -0.39 is 22.0 Å². The van der Waals surface area contributed by atoms with Crippen molar-refractivity contribution in [3.8, 4) is 5.75 Å². The van der Waals surface area contributed by atoms with Gasteiger partial charge in [-0.15, -0.1) is 0 Å². The van der Waals surface area contributed by atoms with E-state index in [0.717, 1.165) is 11.1 Å². The Morgan fingerprint density at radius 3 is 2.12 bits per heavy atom. The number of carbonyl (C=O) groups is 1. The Labute approximate surface area is 196 Å². The van der Waals surface area contributed by atoms with E-state index in [0.29, 0.717) is 29.2 Å². The van der Waals surface area contributed by atoms with Crippen molar-refractivity contribution in [2.75, 3.05) is 11.9 Å². The van der Waals surface area contributed by atoms with Gasteiger partial charge in [-0.1, -0.05) is 48.0 Å². The Hall–Kier alpha value is -3.16. The van der Waals surface area contributed by atoms with E-state index in [4.69, 9.17) is 4.74 Å². The first-order valence-electron chi connectivity index (χ1n) is 10.9. The van der Waals surface area contributed by atoms with Crippen LogP contribution < -0.4 is 14.8 Å². The van der Waals surface area contributed by atoms with Gasteiger partial charge in [0.25, 0.3) is 0 Å². The first-order chi connectivity index (χ1) is 15.7. The number of amides is 1. The van der Waals surface area contributed by atoms with Crippen molar-refractivity contribution >= 4 is 21.6 Å². The van der Waals surface area contributed by atoms with E-state index >= 15 is 0 Å². The molecule has 3 rings (SSSR count). The van der Waals surface area contributed by atoms with Crippen LogP contribution in [0.5, 0.6) is 5.75 Å². The summed E-state index contributed by atoms with van der Waals surface area (Å²) < 4.78 is 34.8. The third-order valence-corrected chi connectivity index (χ3v) is 6.98. The number of nitrogens with one attached hydrogen (secondary N) is 2. The summed E-state index contributed by atoms with van der Waals surface area (Å²) >= 11 is 0. The second-order valence-electron chi connectivity index (χ2n) is 8.04. The van der Waals surface area contributed by atoms with Gasteiger partial charge in [0.15, 0.2) is 0 Å². The van der Waals surface area contributed by atoms with Gasteiger partial charge in [0.05, 0.1) is 11.5 Å². The molecule has 0 aliphatic carbocycles. The zero-order valence-electron chi connectivity index (χ0n) is 19.4. The molecule has 0 fully saturated rings. The van der Waals surface area contributed by atoms with Crippen LogP contribution in [0.3, 0.4) is 0 Å². The minimum Gasteiger partial charge on any atom is -0.494 e. The smallest absolute Gasteiger partial charge is 0.242 e. The van der Waals surface area contributed by atoms with E-state index in [2.05, 4.69) is 10.0 Å².